The summed E-state index contributed by atoms with van der Waals surface area (Å²) in [6.07, 6.45) is 2.00. The maximum absolute atomic E-state index is 11.3. The standard InChI is InChI=1S/C12H15N3O3/c16-12(9-1-2-9)14-8-7-13-10-3-5-11(6-4-10)15(17)18/h3-6,9,13H,1-2,7-8H2,(H,14,16). The summed E-state index contributed by atoms with van der Waals surface area (Å²) in [6, 6.07) is 6.21. The van der Waals surface area contributed by atoms with Gasteiger partial charge in [0.25, 0.3) is 5.69 Å². The van der Waals surface area contributed by atoms with Gasteiger partial charge in [-0.15, -0.1) is 0 Å². The van der Waals surface area contributed by atoms with Crippen molar-refractivity contribution in [3.63, 3.8) is 0 Å². The third kappa shape index (κ3) is 3.44. The van der Waals surface area contributed by atoms with Crippen LogP contribution >= 0.6 is 0 Å². The first-order valence-corrected chi connectivity index (χ1v) is 5.93. The average Bonchev–Trinajstić information content (AvgIpc) is 3.19. The fraction of sp³-hybridized carbons (Fsp3) is 0.417. The fourth-order valence-electron chi connectivity index (χ4n) is 1.58. The molecule has 0 saturated heterocycles. The molecule has 1 aliphatic rings. The minimum atomic E-state index is -0.431. The number of amides is 1. The predicted octanol–water partition coefficient (Wildman–Crippen LogP) is 1.53. The number of carbonyl (C=O) groups is 1. The lowest BCUT2D eigenvalue weighted by Gasteiger charge is -2.07. The molecule has 0 unspecified atom stereocenters. The molecule has 0 aromatic heterocycles. The molecule has 1 aromatic rings. The van der Waals surface area contributed by atoms with Crippen molar-refractivity contribution >= 4 is 17.3 Å². The number of non-ortho nitro benzene ring substituents is 1. The number of benzene rings is 1. The van der Waals surface area contributed by atoms with E-state index >= 15 is 0 Å². The van der Waals surface area contributed by atoms with Gasteiger partial charge in [-0.05, 0) is 25.0 Å². The van der Waals surface area contributed by atoms with Crippen LogP contribution in [0.5, 0.6) is 0 Å². The van der Waals surface area contributed by atoms with Crippen molar-refractivity contribution in [2.75, 3.05) is 18.4 Å². The Labute approximate surface area is 105 Å². The minimum absolute atomic E-state index is 0.0718. The second-order valence-electron chi connectivity index (χ2n) is 4.30. The quantitative estimate of drug-likeness (QED) is 0.455. The first kappa shape index (κ1) is 12.3. The molecule has 96 valence electrons. The van der Waals surface area contributed by atoms with Gasteiger partial charge in [-0.25, -0.2) is 0 Å². The number of nitrogens with one attached hydrogen (secondary N) is 2. The molecule has 0 bridgehead atoms. The van der Waals surface area contributed by atoms with E-state index in [9.17, 15) is 14.9 Å². The van der Waals surface area contributed by atoms with E-state index in [-0.39, 0.29) is 17.5 Å². The zero-order valence-electron chi connectivity index (χ0n) is 9.89. The molecule has 1 aliphatic carbocycles. The summed E-state index contributed by atoms with van der Waals surface area (Å²) in [5.41, 5.74) is 0.879. The molecule has 0 heterocycles. The van der Waals surface area contributed by atoms with Crippen LogP contribution in [0.3, 0.4) is 0 Å². The maximum Gasteiger partial charge on any atom is 0.269 e. The normalized spacial score (nSPS) is 14.0. The Morgan fingerprint density at radius 2 is 1.94 bits per heavy atom. The monoisotopic (exact) mass is 249 g/mol. The molecule has 0 spiro atoms. The van der Waals surface area contributed by atoms with Crippen molar-refractivity contribution in [2.45, 2.75) is 12.8 Å². The van der Waals surface area contributed by atoms with Gasteiger partial charge in [0.05, 0.1) is 4.92 Å². The van der Waals surface area contributed by atoms with Gasteiger partial charge in [-0.3, -0.25) is 14.9 Å². The molecule has 0 aliphatic heterocycles. The molecule has 2 N–H and O–H groups in total. The van der Waals surface area contributed by atoms with Gasteiger partial charge < -0.3 is 10.6 Å². The van der Waals surface area contributed by atoms with Crippen LogP contribution in [0.25, 0.3) is 0 Å². The van der Waals surface area contributed by atoms with Crippen molar-refractivity contribution < 1.29 is 9.72 Å². The van der Waals surface area contributed by atoms with Crippen LogP contribution in [-0.4, -0.2) is 23.9 Å². The fourth-order valence-corrected chi connectivity index (χ4v) is 1.58. The molecule has 6 heteroatoms. The Bertz CT molecular complexity index is 440. The largest absolute Gasteiger partial charge is 0.383 e. The summed E-state index contributed by atoms with van der Waals surface area (Å²) < 4.78 is 0. The van der Waals surface area contributed by atoms with Crippen LogP contribution in [0.1, 0.15) is 12.8 Å². The van der Waals surface area contributed by atoms with Gasteiger partial charge in [0, 0.05) is 36.8 Å². The highest BCUT2D eigenvalue weighted by molar-refractivity contribution is 5.80. The van der Waals surface area contributed by atoms with Crippen LogP contribution in [-0.2, 0) is 4.79 Å². The molecular formula is C12H15N3O3. The van der Waals surface area contributed by atoms with Gasteiger partial charge in [-0.1, -0.05) is 0 Å². The van der Waals surface area contributed by atoms with E-state index in [2.05, 4.69) is 10.6 Å². The molecule has 6 nitrogen and oxygen atoms in total. The summed E-state index contributed by atoms with van der Waals surface area (Å²) in [4.78, 5) is 21.3. The minimum Gasteiger partial charge on any atom is -0.383 e. The highest BCUT2D eigenvalue weighted by Crippen LogP contribution is 2.28. The summed E-state index contributed by atoms with van der Waals surface area (Å²) in [6.45, 7) is 1.17. The molecular weight excluding hydrogens is 234 g/mol. The zero-order valence-corrected chi connectivity index (χ0v) is 9.89. The molecule has 0 atom stereocenters. The highest BCUT2D eigenvalue weighted by atomic mass is 16.6. The van der Waals surface area contributed by atoms with E-state index in [0.29, 0.717) is 13.1 Å². The van der Waals surface area contributed by atoms with Crippen molar-refractivity contribution in [3.05, 3.63) is 34.4 Å². The maximum atomic E-state index is 11.3. The van der Waals surface area contributed by atoms with Crippen LogP contribution in [0, 0.1) is 16.0 Å². The Balaban J connectivity index is 1.69. The molecule has 2 rings (SSSR count). The lowest BCUT2D eigenvalue weighted by atomic mass is 10.3. The van der Waals surface area contributed by atoms with E-state index in [0.717, 1.165) is 18.5 Å². The number of carbonyl (C=O) groups excluding carboxylic acids is 1. The molecule has 1 amide bonds. The van der Waals surface area contributed by atoms with Crippen molar-refractivity contribution in [1.82, 2.24) is 5.32 Å². The zero-order chi connectivity index (χ0) is 13.0. The van der Waals surface area contributed by atoms with Crippen LogP contribution in [0.15, 0.2) is 24.3 Å². The first-order valence-electron chi connectivity index (χ1n) is 5.93. The topological polar surface area (TPSA) is 84.3 Å². The Kier molecular flexibility index (Phi) is 3.76. The van der Waals surface area contributed by atoms with Crippen molar-refractivity contribution in [1.29, 1.82) is 0 Å². The number of nitro groups is 1. The molecule has 0 radical (unpaired) electrons. The number of nitrogens with zero attached hydrogens (tertiary/aromatic N) is 1. The molecule has 1 aromatic carbocycles. The summed E-state index contributed by atoms with van der Waals surface area (Å²) in [7, 11) is 0. The third-order valence-electron chi connectivity index (χ3n) is 2.78. The Morgan fingerprint density at radius 1 is 1.28 bits per heavy atom. The summed E-state index contributed by atoms with van der Waals surface area (Å²) in [5.74, 6) is 0.352. The number of hydrogen-bond acceptors (Lipinski definition) is 4. The van der Waals surface area contributed by atoms with Gasteiger partial charge in [0.2, 0.25) is 5.91 Å². The van der Waals surface area contributed by atoms with E-state index in [4.69, 9.17) is 0 Å². The number of rotatable bonds is 6. The highest BCUT2D eigenvalue weighted by Gasteiger charge is 2.28. The van der Waals surface area contributed by atoms with Crippen LogP contribution in [0.4, 0.5) is 11.4 Å². The van der Waals surface area contributed by atoms with E-state index < -0.39 is 4.92 Å². The van der Waals surface area contributed by atoms with E-state index in [1.807, 2.05) is 0 Å². The average molecular weight is 249 g/mol. The lowest BCUT2D eigenvalue weighted by molar-refractivity contribution is -0.384. The first-order chi connectivity index (χ1) is 8.66. The number of hydrogen-bond donors (Lipinski definition) is 2. The Morgan fingerprint density at radius 3 is 2.50 bits per heavy atom. The van der Waals surface area contributed by atoms with Crippen molar-refractivity contribution in [3.8, 4) is 0 Å². The third-order valence-corrected chi connectivity index (χ3v) is 2.78. The number of anilines is 1. The van der Waals surface area contributed by atoms with Gasteiger partial charge in [-0.2, -0.15) is 0 Å². The van der Waals surface area contributed by atoms with Gasteiger partial charge >= 0.3 is 0 Å². The second kappa shape index (κ2) is 5.48. The smallest absolute Gasteiger partial charge is 0.269 e. The van der Waals surface area contributed by atoms with Gasteiger partial charge in [0.1, 0.15) is 0 Å². The molecule has 1 fully saturated rings. The van der Waals surface area contributed by atoms with Crippen LogP contribution in [0.2, 0.25) is 0 Å². The molecule has 18 heavy (non-hydrogen) atoms. The summed E-state index contributed by atoms with van der Waals surface area (Å²) >= 11 is 0. The lowest BCUT2D eigenvalue weighted by Crippen LogP contribution is -2.29. The van der Waals surface area contributed by atoms with Crippen LogP contribution < -0.4 is 10.6 Å². The second-order valence-corrected chi connectivity index (χ2v) is 4.30. The summed E-state index contributed by atoms with van der Waals surface area (Å²) in [5, 5.41) is 16.4. The SMILES string of the molecule is O=C(NCCNc1ccc([N+](=O)[O-])cc1)C1CC1. The van der Waals surface area contributed by atoms with Crippen molar-refractivity contribution in [2.24, 2.45) is 5.92 Å². The predicted molar refractivity (Wildman–Crippen MR) is 67.3 cm³/mol. The number of nitro benzene ring substituents is 1. The molecule has 1 saturated carbocycles. The van der Waals surface area contributed by atoms with Gasteiger partial charge in [0.15, 0.2) is 0 Å². The Hall–Kier alpha value is -2.11. The van der Waals surface area contributed by atoms with E-state index in [1.165, 1.54) is 12.1 Å². The van der Waals surface area contributed by atoms with E-state index in [1.54, 1.807) is 12.1 Å².